The Balaban J connectivity index is 1.77. The molecule has 0 aliphatic carbocycles. The average Bonchev–Trinajstić information content (AvgIpc) is 2.57. The van der Waals surface area contributed by atoms with Gasteiger partial charge in [-0.3, -0.25) is 14.5 Å². The van der Waals surface area contributed by atoms with Gasteiger partial charge in [0.1, 0.15) is 5.75 Å². The Kier molecular flexibility index (Phi) is 7.41. The molecule has 1 atom stereocenters. The number of nitrogens with zero attached hydrogens (tertiary/aromatic N) is 2. The Morgan fingerprint density at radius 1 is 1.38 bits per heavy atom. The van der Waals surface area contributed by atoms with Crippen LogP contribution in [-0.4, -0.2) is 79.3 Å². The van der Waals surface area contributed by atoms with Crippen molar-refractivity contribution in [1.29, 1.82) is 0 Å². The van der Waals surface area contributed by atoms with Crippen LogP contribution < -0.4 is 4.74 Å². The highest BCUT2D eigenvalue weighted by Gasteiger charge is 2.25. The largest absolute Gasteiger partial charge is 0.493 e. The van der Waals surface area contributed by atoms with Crippen LogP contribution in [0.5, 0.6) is 5.75 Å². The molecule has 0 unspecified atom stereocenters. The standard InChI is InChI=1S/C19H28N2O5/c1-14-4-5-15(2)17(10-14)26-8-6-18(22)21-7-9-25-16(12-21)11-20(3)13-19(23)24/h4-5,10,16H,6-9,11-13H2,1-3H3,(H,23,24)/t16-/m0/s1. The molecule has 144 valence electrons. The SMILES string of the molecule is Cc1ccc(C)c(OCCC(=O)N2CCO[C@@H](CN(C)CC(=O)O)C2)c1. The predicted molar refractivity (Wildman–Crippen MR) is 97.5 cm³/mol. The maximum Gasteiger partial charge on any atom is 0.317 e. The average molecular weight is 364 g/mol. The second-order valence-electron chi connectivity index (χ2n) is 6.79. The van der Waals surface area contributed by atoms with Crippen molar-refractivity contribution in [3.63, 3.8) is 0 Å². The molecular weight excluding hydrogens is 336 g/mol. The molecule has 1 aliphatic rings. The number of carbonyl (C=O) groups excluding carboxylic acids is 1. The Hall–Kier alpha value is -2.12. The van der Waals surface area contributed by atoms with E-state index in [-0.39, 0.29) is 18.6 Å². The van der Waals surface area contributed by atoms with Crippen LogP contribution in [0, 0.1) is 13.8 Å². The van der Waals surface area contributed by atoms with E-state index in [0.29, 0.717) is 39.3 Å². The molecular formula is C19H28N2O5. The van der Waals surface area contributed by atoms with E-state index in [1.807, 2.05) is 32.0 Å². The van der Waals surface area contributed by atoms with Gasteiger partial charge in [0.05, 0.1) is 32.3 Å². The van der Waals surface area contributed by atoms with Crippen LogP contribution >= 0.6 is 0 Å². The maximum atomic E-state index is 12.4. The summed E-state index contributed by atoms with van der Waals surface area (Å²) < 4.78 is 11.4. The molecule has 0 aromatic heterocycles. The molecule has 7 heteroatoms. The quantitative estimate of drug-likeness (QED) is 0.749. The highest BCUT2D eigenvalue weighted by molar-refractivity contribution is 5.76. The summed E-state index contributed by atoms with van der Waals surface area (Å²) in [6, 6.07) is 6.01. The van der Waals surface area contributed by atoms with Gasteiger partial charge in [-0.05, 0) is 38.1 Å². The molecule has 2 rings (SSSR count). The number of carbonyl (C=O) groups is 2. The lowest BCUT2D eigenvalue weighted by molar-refractivity contribution is -0.142. The molecule has 0 bridgehead atoms. The maximum absolute atomic E-state index is 12.4. The van der Waals surface area contributed by atoms with Crippen molar-refractivity contribution in [3.05, 3.63) is 29.3 Å². The van der Waals surface area contributed by atoms with E-state index < -0.39 is 5.97 Å². The number of aryl methyl sites for hydroxylation is 2. The number of hydrogen-bond donors (Lipinski definition) is 1. The molecule has 0 saturated carbocycles. The van der Waals surface area contributed by atoms with Crippen LogP contribution in [0.4, 0.5) is 0 Å². The number of benzene rings is 1. The fourth-order valence-corrected chi connectivity index (χ4v) is 2.97. The van der Waals surface area contributed by atoms with Gasteiger partial charge in [0.25, 0.3) is 0 Å². The van der Waals surface area contributed by atoms with Gasteiger partial charge in [0.15, 0.2) is 0 Å². The second-order valence-corrected chi connectivity index (χ2v) is 6.79. The van der Waals surface area contributed by atoms with Crippen molar-refractivity contribution >= 4 is 11.9 Å². The zero-order valence-electron chi connectivity index (χ0n) is 15.7. The van der Waals surface area contributed by atoms with Crippen LogP contribution in [0.25, 0.3) is 0 Å². The van der Waals surface area contributed by atoms with Gasteiger partial charge < -0.3 is 19.5 Å². The van der Waals surface area contributed by atoms with Gasteiger partial charge in [0.2, 0.25) is 5.91 Å². The number of morpholine rings is 1. The molecule has 1 aliphatic heterocycles. The number of carboxylic acids is 1. The topological polar surface area (TPSA) is 79.3 Å². The van der Waals surface area contributed by atoms with Gasteiger partial charge in [-0.2, -0.15) is 0 Å². The summed E-state index contributed by atoms with van der Waals surface area (Å²) in [6.45, 7) is 6.27. The Bertz CT molecular complexity index is 634. The van der Waals surface area contributed by atoms with Crippen molar-refractivity contribution in [2.45, 2.75) is 26.4 Å². The van der Waals surface area contributed by atoms with Crippen molar-refractivity contribution in [2.75, 3.05) is 46.4 Å². The normalized spacial score (nSPS) is 17.4. The van der Waals surface area contributed by atoms with Gasteiger partial charge in [-0.15, -0.1) is 0 Å². The van der Waals surface area contributed by atoms with Crippen molar-refractivity contribution in [1.82, 2.24) is 9.80 Å². The minimum Gasteiger partial charge on any atom is -0.493 e. The van der Waals surface area contributed by atoms with E-state index in [9.17, 15) is 9.59 Å². The third-order valence-electron chi connectivity index (χ3n) is 4.33. The van der Waals surface area contributed by atoms with E-state index in [1.165, 1.54) is 0 Å². The first kappa shape index (κ1) is 20.2. The Morgan fingerprint density at radius 3 is 2.88 bits per heavy atom. The Morgan fingerprint density at radius 2 is 2.15 bits per heavy atom. The molecule has 1 amide bonds. The minimum absolute atomic E-state index is 0.0319. The first-order valence-electron chi connectivity index (χ1n) is 8.85. The number of hydrogen-bond acceptors (Lipinski definition) is 5. The predicted octanol–water partition coefficient (Wildman–Crippen LogP) is 1.32. The number of rotatable bonds is 8. The molecule has 0 radical (unpaired) electrons. The summed E-state index contributed by atoms with van der Waals surface area (Å²) in [5, 5.41) is 8.82. The van der Waals surface area contributed by atoms with Crippen molar-refractivity contribution in [3.8, 4) is 5.75 Å². The van der Waals surface area contributed by atoms with E-state index in [4.69, 9.17) is 14.6 Å². The molecule has 1 N–H and O–H groups in total. The van der Waals surface area contributed by atoms with Gasteiger partial charge >= 0.3 is 5.97 Å². The van der Waals surface area contributed by atoms with Crippen LogP contribution in [0.2, 0.25) is 0 Å². The summed E-state index contributed by atoms with van der Waals surface area (Å²) >= 11 is 0. The highest BCUT2D eigenvalue weighted by Crippen LogP contribution is 2.19. The molecule has 26 heavy (non-hydrogen) atoms. The Labute approximate surface area is 154 Å². The highest BCUT2D eigenvalue weighted by atomic mass is 16.5. The van der Waals surface area contributed by atoms with Crippen LogP contribution in [0.15, 0.2) is 18.2 Å². The summed E-state index contributed by atoms with van der Waals surface area (Å²) in [4.78, 5) is 26.6. The molecule has 1 fully saturated rings. The summed E-state index contributed by atoms with van der Waals surface area (Å²) in [5.74, 6) is -0.0303. The summed E-state index contributed by atoms with van der Waals surface area (Å²) in [5.41, 5.74) is 2.18. The second kappa shape index (κ2) is 9.54. The lowest BCUT2D eigenvalue weighted by atomic mass is 10.1. The lowest BCUT2D eigenvalue weighted by Gasteiger charge is -2.34. The van der Waals surface area contributed by atoms with Crippen LogP contribution in [-0.2, 0) is 14.3 Å². The van der Waals surface area contributed by atoms with Crippen LogP contribution in [0.1, 0.15) is 17.5 Å². The zero-order chi connectivity index (χ0) is 19.1. The number of aliphatic carboxylic acids is 1. The first-order chi connectivity index (χ1) is 12.3. The molecule has 1 aromatic carbocycles. The molecule has 0 spiro atoms. The molecule has 7 nitrogen and oxygen atoms in total. The molecule has 1 heterocycles. The number of likely N-dealkylation sites (N-methyl/N-ethyl adjacent to an activating group) is 1. The minimum atomic E-state index is -0.875. The fourth-order valence-electron chi connectivity index (χ4n) is 2.97. The number of amides is 1. The first-order valence-corrected chi connectivity index (χ1v) is 8.85. The van der Waals surface area contributed by atoms with E-state index in [2.05, 4.69) is 0 Å². The van der Waals surface area contributed by atoms with Crippen molar-refractivity contribution < 1.29 is 24.2 Å². The lowest BCUT2D eigenvalue weighted by Crippen LogP contribution is -2.49. The smallest absolute Gasteiger partial charge is 0.317 e. The summed E-state index contributed by atoms with van der Waals surface area (Å²) in [6.07, 6.45) is 0.141. The fraction of sp³-hybridized carbons (Fsp3) is 0.579. The van der Waals surface area contributed by atoms with Gasteiger partial charge in [-0.25, -0.2) is 0 Å². The van der Waals surface area contributed by atoms with E-state index in [0.717, 1.165) is 16.9 Å². The van der Waals surface area contributed by atoms with Crippen LogP contribution in [0.3, 0.4) is 0 Å². The zero-order valence-corrected chi connectivity index (χ0v) is 15.7. The van der Waals surface area contributed by atoms with Gasteiger partial charge in [-0.1, -0.05) is 12.1 Å². The number of ether oxygens (including phenoxy) is 2. The van der Waals surface area contributed by atoms with E-state index in [1.54, 1.807) is 16.8 Å². The monoisotopic (exact) mass is 364 g/mol. The number of carboxylic acid groups (broad SMARTS) is 1. The molecule has 1 aromatic rings. The third kappa shape index (κ3) is 6.31. The molecule has 1 saturated heterocycles. The van der Waals surface area contributed by atoms with Crippen molar-refractivity contribution in [2.24, 2.45) is 0 Å². The van der Waals surface area contributed by atoms with E-state index >= 15 is 0 Å². The van der Waals surface area contributed by atoms with Gasteiger partial charge in [0, 0.05) is 19.6 Å². The summed E-state index contributed by atoms with van der Waals surface area (Å²) in [7, 11) is 1.73. The third-order valence-corrected chi connectivity index (χ3v) is 4.33.